The molecule has 3 rings (SSSR count). The van der Waals surface area contributed by atoms with Crippen molar-refractivity contribution < 1.29 is 9.59 Å². The number of rotatable bonds is 2. The Morgan fingerprint density at radius 2 is 1.78 bits per heavy atom. The third kappa shape index (κ3) is 3.47. The standard InChI is InChI=1S/C15H18N6O2/c1-12-3-2-4-13(9-12)19-5-7-20(8-6-19)15(23)14(22)18-21-10-16-17-11-21/h2-4,9-11H,5-8H2,1H3,(H,18,22). The number of benzene rings is 1. The fraction of sp³-hybridized carbons (Fsp3) is 0.333. The minimum Gasteiger partial charge on any atom is -0.368 e. The first kappa shape index (κ1) is 15.0. The van der Waals surface area contributed by atoms with Gasteiger partial charge >= 0.3 is 11.8 Å². The van der Waals surface area contributed by atoms with Gasteiger partial charge in [0.1, 0.15) is 12.7 Å². The molecule has 0 radical (unpaired) electrons. The van der Waals surface area contributed by atoms with E-state index in [2.05, 4.69) is 45.6 Å². The maximum atomic E-state index is 12.2. The lowest BCUT2D eigenvalue weighted by molar-refractivity contribution is -0.143. The number of carbonyl (C=O) groups excluding carboxylic acids is 2. The van der Waals surface area contributed by atoms with E-state index in [9.17, 15) is 9.59 Å². The highest BCUT2D eigenvalue weighted by Crippen LogP contribution is 2.17. The second kappa shape index (κ2) is 6.47. The van der Waals surface area contributed by atoms with E-state index in [0.717, 1.165) is 5.69 Å². The van der Waals surface area contributed by atoms with Gasteiger partial charge < -0.3 is 9.80 Å². The molecule has 2 aromatic rings. The van der Waals surface area contributed by atoms with Crippen LogP contribution < -0.4 is 10.3 Å². The number of anilines is 1. The zero-order chi connectivity index (χ0) is 16.2. The SMILES string of the molecule is Cc1cccc(N2CCN(C(=O)C(=O)Nn3cnnc3)CC2)c1. The van der Waals surface area contributed by atoms with E-state index in [-0.39, 0.29) is 0 Å². The molecule has 0 aliphatic carbocycles. The van der Waals surface area contributed by atoms with Gasteiger partial charge in [-0.3, -0.25) is 15.0 Å². The normalized spacial score (nSPS) is 14.7. The van der Waals surface area contributed by atoms with E-state index in [1.165, 1.54) is 22.9 Å². The Hall–Kier alpha value is -2.90. The molecule has 1 fully saturated rings. The van der Waals surface area contributed by atoms with Crippen LogP contribution in [0.4, 0.5) is 5.69 Å². The number of aryl methyl sites for hydroxylation is 1. The molecule has 0 bridgehead atoms. The van der Waals surface area contributed by atoms with Crippen molar-refractivity contribution in [3.8, 4) is 0 Å². The minimum absolute atomic E-state index is 0.516. The molecule has 23 heavy (non-hydrogen) atoms. The Morgan fingerprint density at radius 1 is 1.09 bits per heavy atom. The molecule has 1 N–H and O–H groups in total. The molecule has 1 aliphatic heterocycles. The van der Waals surface area contributed by atoms with Gasteiger partial charge in [-0.25, -0.2) is 4.68 Å². The maximum Gasteiger partial charge on any atom is 0.328 e. The third-order valence-corrected chi connectivity index (χ3v) is 3.78. The van der Waals surface area contributed by atoms with E-state index >= 15 is 0 Å². The number of hydrogen-bond acceptors (Lipinski definition) is 5. The Morgan fingerprint density at radius 3 is 2.43 bits per heavy atom. The Balaban J connectivity index is 1.56. The van der Waals surface area contributed by atoms with Gasteiger partial charge in [0.05, 0.1) is 0 Å². The van der Waals surface area contributed by atoms with Gasteiger partial charge in [0, 0.05) is 31.9 Å². The van der Waals surface area contributed by atoms with Gasteiger partial charge in [0.25, 0.3) is 0 Å². The molecule has 0 unspecified atom stereocenters. The van der Waals surface area contributed by atoms with Crippen LogP contribution in [0.15, 0.2) is 36.9 Å². The van der Waals surface area contributed by atoms with Crippen molar-refractivity contribution in [3.63, 3.8) is 0 Å². The molecule has 1 aromatic heterocycles. The summed E-state index contributed by atoms with van der Waals surface area (Å²) in [7, 11) is 0. The second-order valence-electron chi connectivity index (χ2n) is 5.43. The second-order valence-corrected chi connectivity index (χ2v) is 5.43. The first-order valence-corrected chi connectivity index (χ1v) is 7.40. The zero-order valence-electron chi connectivity index (χ0n) is 12.8. The van der Waals surface area contributed by atoms with Crippen molar-refractivity contribution in [3.05, 3.63) is 42.5 Å². The lowest BCUT2D eigenvalue weighted by Gasteiger charge is -2.35. The Kier molecular flexibility index (Phi) is 4.22. The van der Waals surface area contributed by atoms with Gasteiger partial charge in [-0.15, -0.1) is 10.2 Å². The summed E-state index contributed by atoms with van der Waals surface area (Å²) in [5.74, 6) is -1.23. The summed E-state index contributed by atoms with van der Waals surface area (Å²) in [4.78, 5) is 27.9. The summed E-state index contributed by atoms with van der Waals surface area (Å²) >= 11 is 0. The van der Waals surface area contributed by atoms with Crippen LogP contribution in [0, 0.1) is 6.92 Å². The first-order valence-electron chi connectivity index (χ1n) is 7.40. The topological polar surface area (TPSA) is 83.4 Å². The molecule has 0 saturated carbocycles. The van der Waals surface area contributed by atoms with Crippen LogP contribution >= 0.6 is 0 Å². The number of nitrogens with one attached hydrogen (secondary N) is 1. The predicted octanol–water partition coefficient (Wildman–Crippen LogP) is 0.00542. The molecular formula is C15H18N6O2. The maximum absolute atomic E-state index is 12.2. The van der Waals surface area contributed by atoms with Crippen molar-refractivity contribution >= 4 is 17.5 Å². The molecule has 1 aromatic carbocycles. The first-order chi connectivity index (χ1) is 11.1. The van der Waals surface area contributed by atoms with Gasteiger partial charge in [-0.1, -0.05) is 12.1 Å². The molecule has 2 heterocycles. The lowest BCUT2D eigenvalue weighted by atomic mass is 10.2. The number of piperazine rings is 1. The number of carbonyl (C=O) groups is 2. The summed E-state index contributed by atoms with van der Waals surface area (Å²) in [5.41, 5.74) is 4.76. The van der Waals surface area contributed by atoms with E-state index in [1.807, 2.05) is 6.07 Å². The molecule has 2 amide bonds. The minimum atomic E-state index is -0.686. The summed E-state index contributed by atoms with van der Waals surface area (Å²) in [6.07, 6.45) is 2.64. The van der Waals surface area contributed by atoms with Crippen molar-refractivity contribution in [2.24, 2.45) is 0 Å². The molecule has 0 atom stereocenters. The van der Waals surface area contributed by atoms with E-state index in [0.29, 0.717) is 26.2 Å². The molecule has 1 saturated heterocycles. The number of amides is 2. The smallest absolute Gasteiger partial charge is 0.328 e. The summed E-state index contributed by atoms with van der Waals surface area (Å²) in [5, 5.41) is 7.13. The highest BCUT2D eigenvalue weighted by molar-refractivity contribution is 6.38. The molecule has 120 valence electrons. The Labute approximate surface area is 133 Å². The third-order valence-electron chi connectivity index (χ3n) is 3.78. The van der Waals surface area contributed by atoms with Gasteiger partial charge in [0.2, 0.25) is 0 Å². The Bertz CT molecular complexity index is 692. The highest BCUT2D eigenvalue weighted by Gasteiger charge is 2.26. The predicted molar refractivity (Wildman–Crippen MR) is 84.4 cm³/mol. The van der Waals surface area contributed by atoms with Crippen LogP contribution in [-0.4, -0.2) is 57.8 Å². The molecular weight excluding hydrogens is 296 g/mol. The molecule has 1 aliphatic rings. The average Bonchev–Trinajstić information content (AvgIpc) is 3.07. The summed E-state index contributed by atoms with van der Waals surface area (Å²) in [6.45, 7) is 4.49. The monoisotopic (exact) mass is 314 g/mol. The quantitative estimate of drug-likeness (QED) is 0.789. The highest BCUT2D eigenvalue weighted by atomic mass is 16.2. The molecule has 8 nitrogen and oxygen atoms in total. The van der Waals surface area contributed by atoms with Gasteiger partial charge in [0.15, 0.2) is 0 Å². The van der Waals surface area contributed by atoms with E-state index in [1.54, 1.807) is 4.90 Å². The van der Waals surface area contributed by atoms with Crippen LogP contribution in [0.25, 0.3) is 0 Å². The summed E-state index contributed by atoms with van der Waals surface area (Å²) < 4.78 is 1.25. The van der Waals surface area contributed by atoms with Crippen LogP contribution in [-0.2, 0) is 9.59 Å². The van der Waals surface area contributed by atoms with E-state index < -0.39 is 11.8 Å². The van der Waals surface area contributed by atoms with Crippen LogP contribution in [0.2, 0.25) is 0 Å². The van der Waals surface area contributed by atoms with Crippen molar-refractivity contribution in [2.75, 3.05) is 36.5 Å². The molecule has 8 heteroatoms. The number of hydrogen-bond donors (Lipinski definition) is 1. The van der Waals surface area contributed by atoms with E-state index in [4.69, 9.17) is 0 Å². The lowest BCUT2D eigenvalue weighted by Crippen LogP contribution is -2.52. The number of aromatic nitrogens is 3. The van der Waals surface area contributed by atoms with Crippen molar-refractivity contribution in [2.45, 2.75) is 6.92 Å². The van der Waals surface area contributed by atoms with Crippen LogP contribution in [0.3, 0.4) is 0 Å². The fourth-order valence-corrected chi connectivity index (χ4v) is 2.56. The van der Waals surface area contributed by atoms with Gasteiger partial charge in [-0.05, 0) is 24.6 Å². The largest absolute Gasteiger partial charge is 0.368 e. The van der Waals surface area contributed by atoms with Gasteiger partial charge in [-0.2, -0.15) is 0 Å². The molecule has 0 spiro atoms. The zero-order valence-corrected chi connectivity index (χ0v) is 12.8. The van der Waals surface area contributed by atoms with Crippen LogP contribution in [0.5, 0.6) is 0 Å². The fourth-order valence-electron chi connectivity index (χ4n) is 2.56. The summed E-state index contributed by atoms with van der Waals surface area (Å²) in [6, 6.07) is 8.26. The number of nitrogens with zero attached hydrogens (tertiary/aromatic N) is 5. The van der Waals surface area contributed by atoms with Crippen molar-refractivity contribution in [1.29, 1.82) is 0 Å². The van der Waals surface area contributed by atoms with Crippen LogP contribution in [0.1, 0.15) is 5.56 Å². The van der Waals surface area contributed by atoms with Crippen molar-refractivity contribution in [1.82, 2.24) is 19.8 Å². The average molecular weight is 314 g/mol.